The van der Waals surface area contributed by atoms with E-state index in [0.29, 0.717) is 6.54 Å². The molecule has 6 heteroatoms. The topological polar surface area (TPSA) is 81.7 Å². The number of carbonyl (C=O) groups excluding carboxylic acids is 1. The van der Waals surface area contributed by atoms with E-state index in [9.17, 15) is 9.59 Å². The van der Waals surface area contributed by atoms with Gasteiger partial charge in [0.15, 0.2) is 0 Å². The average molecular weight is 257 g/mol. The molecule has 1 rings (SSSR count). The summed E-state index contributed by atoms with van der Waals surface area (Å²) in [5, 5.41) is 14.2. The van der Waals surface area contributed by atoms with Crippen LogP contribution in [-0.2, 0) is 4.79 Å². The molecule has 1 aliphatic carbocycles. The van der Waals surface area contributed by atoms with Crippen molar-refractivity contribution < 1.29 is 14.7 Å². The molecule has 1 fully saturated rings. The molecule has 0 aromatic carbocycles. The standard InChI is InChI=1S/C12H23N3O3/c1-12(2,15(3)4)7-13-11(18)14-9(10(16)17)8-5-6-8/h8-9H,5-7H2,1-4H3,(H,16,17)(H2,13,14,18). The van der Waals surface area contributed by atoms with E-state index in [1.54, 1.807) is 0 Å². The number of rotatable bonds is 6. The van der Waals surface area contributed by atoms with Crippen LogP contribution < -0.4 is 10.6 Å². The Bertz CT molecular complexity index is 325. The van der Waals surface area contributed by atoms with Crippen molar-refractivity contribution in [1.29, 1.82) is 0 Å². The number of hydrogen-bond donors (Lipinski definition) is 3. The van der Waals surface area contributed by atoms with Crippen molar-refractivity contribution in [2.24, 2.45) is 5.92 Å². The smallest absolute Gasteiger partial charge is 0.326 e. The van der Waals surface area contributed by atoms with E-state index in [0.717, 1.165) is 12.8 Å². The van der Waals surface area contributed by atoms with E-state index in [-0.39, 0.29) is 11.5 Å². The fraction of sp³-hybridized carbons (Fsp3) is 0.833. The number of nitrogens with one attached hydrogen (secondary N) is 2. The van der Waals surface area contributed by atoms with Crippen LogP contribution in [0.3, 0.4) is 0 Å². The summed E-state index contributed by atoms with van der Waals surface area (Å²) in [7, 11) is 3.87. The first kappa shape index (κ1) is 14.8. The van der Waals surface area contributed by atoms with Crippen LogP contribution in [0, 0.1) is 5.92 Å². The van der Waals surface area contributed by atoms with Gasteiger partial charge in [0, 0.05) is 12.1 Å². The van der Waals surface area contributed by atoms with Crippen LogP contribution in [0.25, 0.3) is 0 Å². The van der Waals surface area contributed by atoms with Crippen molar-refractivity contribution in [3.05, 3.63) is 0 Å². The van der Waals surface area contributed by atoms with Gasteiger partial charge in [-0.25, -0.2) is 9.59 Å². The Balaban J connectivity index is 2.39. The molecular formula is C12H23N3O3. The first-order chi connectivity index (χ1) is 8.24. The molecule has 0 aromatic rings. The summed E-state index contributed by atoms with van der Waals surface area (Å²) in [6.07, 6.45) is 1.75. The van der Waals surface area contributed by atoms with Crippen LogP contribution in [-0.4, -0.2) is 54.2 Å². The molecule has 18 heavy (non-hydrogen) atoms. The van der Waals surface area contributed by atoms with E-state index in [4.69, 9.17) is 5.11 Å². The lowest BCUT2D eigenvalue weighted by molar-refractivity contribution is -0.139. The van der Waals surface area contributed by atoms with Crippen molar-refractivity contribution in [3.8, 4) is 0 Å². The highest BCUT2D eigenvalue weighted by Crippen LogP contribution is 2.32. The molecule has 1 aliphatic rings. The fourth-order valence-corrected chi connectivity index (χ4v) is 1.46. The summed E-state index contributed by atoms with van der Waals surface area (Å²) in [5.41, 5.74) is -0.171. The highest BCUT2D eigenvalue weighted by Gasteiger charge is 2.37. The van der Waals surface area contributed by atoms with E-state index in [1.807, 2.05) is 32.8 Å². The number of urea groups is 1. The molecule has 104 valence electrons. The van der Waals surface area contributed by atoms with Crippen LogP contribution in [0.5, 0.6) is 0 Å². The Morgan fingerprint density at radius 1 is 1.39 bits per heavy atom. The summed E-state index contributed by atoms with van der Waals surface area (Å²) in [6, 6.07) is -1.17. The Morgan fingerprint density at radius 2 is 1.94 bits per heavy atom. The van der Waals surface area contributed by atoms with Gasteiger partial charge in [0.1, 0.15) is 6.04 Å². The molecule has 0 heterocycles. The van der Waals surface area contributed by atoms with Gasteiger partial charge in [0.25, 0.3) is 0 Å². The summed E-state index contributed by atoms with van der Waals surface area (Å²) < 4.78 is 0. The normalized spacial score (nSPS) is 17.4. The zero-order valence-corrected chi connectivity index (χ0v) is 11.5. The van der Waals surface area contributed by atoms with Gasteiger partial charge in [-0.1, -0.05) is 0 Å². The summed E-state index contributed by atoms with van der Waals surface area (Å²) >= 11 is 0. The Morgan fingerprint density at radius 3 is 2.33 bits per heavy atom. The van der Waals surface area contributed by atoms with Crippen molar-refractivity contribution in [1.82, 2.24) is 15.5 Å². The number of carboxylic acid groups (broad SMARTS) is 1. The number of hydrogen-bond acceptors (Lipinski definition) is 3. The molecule has 0 spiro atoms. The van der Waals surface area contributed by atoms with E-state index >= 15 is 0 Å². The van der Waals surface area contributed by atoms with Crippen molar-refractivity contribution >= 4 is 12.0 Å². The van der Waals surface area contributed by atoms with Gasteiger partial charge >= 0.3 is 12.0 Å². The third-order valence-corrected chi connectivity index (χ3v) is 3.54. The molecule has 6 nitrogen and oxygen atoms in total. The first-order valence-electron chi connectivity index (χ1n) is 6.18. The van der Waals surface area contributed by atoms with Crippen molar-refractivity contribution in [2.75, 3.05) is 20.6 Å². The lowest BCUT2D eigenvalue weighted by Gasteiger charge is -2.32. The second-order valence-electron chi connectivity index (χ2n) is 5.69. The Kier molecular flexibility index (Phi) is 4.56. The Labute approximate surface area is 108 Å². The number of carboxylic acids is 1. The van der Waals surface area contributed by atoms with Crippen LogP contribution >= 0.6 is 0 Å². The number of carbonyl (C=O) groups is 2. The van der Waals surface area contributed by atoms with Crippen molar-refractivity contribution in [2.45, 2.75) is 38.3 Å². The third-order valence-electron chi connectivity index (χ3n) is 3.54. The van der Waals surface area contributed by atoms with Crippen LogP contribution in [0.1, 0.15) is 26.7 Å². The highest BCUT2D eigenvalue weighted by atomic mass is 16.4. The molecule has 0 aromatic heterocycles. The van der Waals surface area contributed by atoms with Gasteiger partial charge in [0.05, 0.1) is 0 Å². The molecule has 0 saturated heterocycles. The molecular weight excluding hydrogens is 234 g/mol. The highest BCUT2D eigenvalue weighted by molar-refractivity contribution is 5.83. The monoisotopic (exact) mass is 257 g/mol. The van der Waals surface area contributed by atoms with Crippen molar-refractivity contribution in [3.63, 3.8) is 0 Å². The van der Waals surface area contributed by atoms with E-state index in [2.05, 4.69) is 10.6 Å². The lowest BCUT2D eigenvalue weighted by atomic mass is 10.0. The number of aliphatic carboxylic acids is 1. The zero-order valence-electron chi connectivity index (χ0n) is 11.5. The first-order valence-corrected chi connectivity index (χ1v) is 6.18. The van der Waals surface area contributed by atoms with Gasteiger partial charge in [-0.3, -0.25) is 0 Å². The third kappa shape index (κ3) is 4.18. The van der Waals surface area contributed by atoms with E-state index in [1.165, 1.54) is 0 Å². The summed E-state index contributed by atoms with van der Waals surface area (Å²) in [4.78, 5) is 24.6. The maximum absolute atomic E-state index is 11.7. The fourth-order valence-electron chi connectivity index (χ4n) is 1.46. The lowest BCUT2D eigenvalue weighted by Crippen LogP contribution is -2.53. The molecule has 2 amide bonds. The predicted octanol–water partition coefficient (Wildman–Crippen LogP) is 0.489. The van der Waals surface area contributed by atoms with E-state index < -0.39 is 18.0 Å². The average Bonchev–Trinajstić information content (AvgIpc) is 3.06. The minimum absolute atomic E-state index is 0.0927. The van der Waals surface area contributed by atoms with Gasteiger partial charge in [-0.05, 0) is 46.7 Å². The number of likely N-dealkylation sites (N-methyl/N-ethyl adjacent to an activating group) is 1. The quantitative estimate of drug-likeness (QED) is 0.647. The van der Waals surface area contributed by atoms with Crippen LogP contribution in [0.2, 0.25) is 0 Å². The molecule has 0 aliphatic heterocycles. The molecule has 1 saturated carbocycles. The minimum atomic E-state index is -0.959. The summed E-state index contributed by atoms with van der Waals surface area (Å²) in [6.45, 7) is 4.47. The maximum atomic E-state index is 11.7. The SMILES string of the molecule is CN(C)C(C)(C)CNC(=O)NC(C(=O)O)C1CC1. The molecule has 0 radical (unpaired) electrons. The molecule has 0 bridgehead atoms. The summed E-state index contributed by atoms with van der Waals surface area (Å²) in [5.74, 6) is -0.866. The van der Waals surface area contributed by atoms with Gasteiger partial charge in [0.2, 0.25) is 0 Å². The van der Waals surface area contributed by atoms with Crippen LogP contribution in [0.4, 0.5) is 4.79 Å². The predicted molar refractivity (Wildman–Crippen MR) is 68.4 cm³/mol. The molecule has 3 N–H and O–H groups in total. The maximum Gasteiger partial charge on any atom is 0.326 e. The number of amides is 2. The van der Waals surface area contributed by atoms with Gasteiger partial charge < -0.3 is 20.6 Å². The Hall–Kier alpha value is -1.30. The van der Waals surface area contributed by atoms with Gasteiger partial charge in [-0.15, -0.1) is 0 Å². The zero-order chi connectivity index (χ0) is 13.9. The van der Waals surface area contributed by atoms with Crippen LogP contribution in [0.15, 0.2) is 0 Å². The molecule has 1 atom stereocenters. The molecule has 1 unspecified atom stereocenters. The second-order valence-corrected chi connectivity index (χ2v) is 5.69. The van der Waals surface area contributed by atoms with Gasteiger partial charge in [-0.2, -0.15) is 0 Å². The number of nitrogens with zero attached hydrogens (tertiary/aromatic N) is 1. The second kappa shape index (κ2) is 5.56. The minimum Gasteiger partial charge on any atom is -0.480 e. The largest absolute Gasteiger partial charge is 0.480 e.